The van der Waals surface area contributed by atoms with E-state index in [1.807, 2.05) is 0 Å². The van der Waals surface area contributed by atoms with Crippen molar-refractivity contribution in [3.8, 4) is 0 Å². The third-order valence-electron chi connectivity index (χ3n) is 4.61. The summed E-state index contributed by atoms with van der Waals surface area (Å²) in [5.41, 5.74) is 0. The van der Waals surface area contributed by atoms with Crippen LogP contribution in [0.1, 0.15) is 19.3 Å². The van der Waals surface area contributed by atoms with Crippen molar-refractivity contribution in [2.75, 3.05) is 32.9 Å². The van der Waals surface area contributed by atoms with Gasteiger partial charge < -0.3 is 4.90 Å². The summed E-state index contributed by atoms with van der Waals surface area (Å²) < 4.78 is 63.9. The number of carbonyl (C=O) groups is 1. The van der Waals surface area contributed by atoms with Gasteiger partial charge in [-0.1, -0.05) is 0 Å². The lowest BCUT2D eigenvalue weighted by molar-refractivity contribution is -0.132. The molecule has 0 aliphatic carbocycles. The third kappa shape index (κ3) is 5.96. The Morgan fingerprint density at radius 2 is 1.74 bits per heavy atom. The van der Waals surface area contributed by atoms with Crippen LogP contribution in [0.25, 0.3) is 0 Å². The Hall–Kier alpha value is -1.56. The zero-order valence-corrected chi connectivity index (χ0v) is 16.9. The summed E-state index contributed by atoms with van der Waals surface area (Å²) in [6.45, 7) is 0.782. The smallest absolute Gasteiger partial charge is 0.240 e. The zero-order chi connectivity index (χ0) is 20.2. The Morgan fingerprint density at radius 1 is 1.19 bits per heavy atom. The molecule has 0 radical (unpaired) electrons. The van der Waals surface area contributed by atoms with Gasteiger partial charge in [-0.3, -0.25) is 4.79 Å². The zero-order valence-electron chi connectivity index (χ0n) is 15.3. The maximum absolute atomic E-state index is 12.9. The van der Waals surface area contributed by atoms with Crippen LogP contribution in [0, 0.1) is 5.82 Å². The Balaban J connectivity index is 1.81. The molecule has 1 aromatic carbocycles. The summed E-state index contributed by atoms with van der Waals surface area (Å²) in [4.78, 5) is 13.8. The van der Waals surface area contributed by atoms with Gasteiger partial charge in [0.25, 0.3) is 0 Å². The van der Waals surface area contributed by atoms with Crippen LogP contribution in [0.5, 0.6) is 0 Å². The number of nitrogens with zero attached hydrogens (tertiary/aromatic N) is 2. The van der Waals surface area contributed by atoms with Gasteiger partial charge in [0.2, 0.25) is 26.0 Å². The first kappa shape index (κ1) is 21.7. The van der Waals surface area contributed by atoms with Crippen molar-refractivity contribution < 1.29 is 26.0 Å². The molecule has 0 atom stereocenters. The van der Waals surface area contributed by atoms with E-state index >= 15 is 0 Å². The number of likely N-dealkylation sites (tertiary alicyclic amines) is 1. The summed E-state index contributed by atoms with van der Waals surface area (Å²) >= 11 is 0. The predicted molar refractivity (Wildman–Crippen MR) is 98.4 cm³/mol. The normalized spacial score (nSPS) is 16.7. The Bertz CT molecular complexity index is 864. The van der Waals surface area contributed by atoms with Crippen LogP contribution in [-0.4, -0.2) is 70.9 Å². The fourth-order valence-corrected chi connectivity index (χ4v) is 4.68. The minimum absolute atomic E-state index is 0.00694. The van der Waals surface area contributed by atoms with Crippen LogP contribution < -0.4 is 4.72 Å². The molecule has 2 rings (SSSR count). The number of sulfonamides is 2. The average molecular weight is 422 g/mol. The number of benzene rings is 1. The topological polar surface area (TPSA) is 104 Å². The van der Waals surface area contributed by atoms with E-state index in [9.17, 15) is 26.0 Å². The number of nitrogens with one attached hydrogen (secondary N) is 1. The number of hydrogen-bond donors (Lipinski definition) is 1. The van der Waals surface area contributed by atoms with Gasteiger partial charge in [-0.2, -0.15) is 0 Å². The second-order valence-electron chi connectivity index (χ2n) is 6.49. The van der Waals surface area contributed by atoms with E-state index in [2.05, 4.69) is 4.72 Å². The average Bonchev–Trinajstić information content (AvgIpc) is 2.60. The van der Waals surface area contributed by atoms with E-state index in [-0.39, 0.29) is 29.8 Å². The summed E-state index contributed by atoms with van der Waals surface area (Å²) in [5.74, 6) is -0.730. The fourth-order valence-electron chi connectivity index (χ4n) is 2.90. The van der Waals surface area contributed by atoms with E-state index in [4.69, 9.17) is 0 Å². The van der Waals surface area contributed by atoms with Crippen molar-refractivity contribution >= 4 is 26.0 Å². The van der Waals surface area contributed by atoms with Gasteiger partial charge in [0.15, 0.2) is 0 Å². The first-order chi connectivity index (χ1) is 12.5. The molecule has 1 heterocycles. The molecule has 27 heavy (non-hydrogen) atoms. The van der Waals surface area contributed by atoms with E-state index in [1.165, 1.54) is 11.4 Å². The molecule has 8 nitrogen and oxygen atoms in total. The number of piperidine rings is 1. The minimum atomic E-state index is -3.80. The van der Waals surface area contributed by atoms with Gasteiger partial charge in [-0.05, 0) is 37.1 Å². The highest BCUT2D eigenvalue weighted by Gasteiger charge is 2.28. The predicted octanol–water partition coefficient (Wildman–Crippen LogP) is 0.377. The third-order valence-corrected chi connectivity index (χ3v) is 7.43. The lowest BCUT2D eigenvalue weighted by atomic mass is 10.1. The van der Waals surface area contributed by atoms with Gasteiger partial charge in [0, 0.05) is 39.1 Å². The van der Waals surface area contributed by atoms with Crippen molar-refractivity contribution in [1.29, 1.82) is 0 Å². The summed E-state index contributed by atoms with van der Waals surface area (Å²) in [7, 11) is -5.54. The van der Waals surface area contributed by atoms with Gasteiger partial charge in [0.05, 0.1) is 11.2 Å². The molecule has 152 valence electrons. The van der Waals surface area contributed by atoms with Gasteiger partial charge in [0.1, 0.15) is 5.82 Å². The van der Waals surface area contributed by atoms with Crippen molar-refractivity contribution in [3.05, 3.63) is 30.1 Å². The molecule has 0 saturated carbocycles. The van der Waals surface area contributed by atoms with Crippen LogP contribution in [0.2, 0.25) is 0 Å². The molecule has 1 N–H and O–H groups in total. The molecule has 0 spiro atoms. The van der Waals surface area contributed by atoms with Gasteiger partial charge in [-0.25, -0.2) is 30.3 Å². The molecule has 0 unspecified atom stereocenters. The Labute approximate surface area is 159 Å². The van der Waals surface area contributed by atoms with E-state index in [0.29, 0.717) is 25.9 Å². The quantitative estimate of drug-likeness (QED) is 0.685. The highest BCUT2D eigenvalue weighted by molar-refractivity contribution is 7.89. The van der Waals surface area contributed by atoms with Crippen LogP contribution in [-0.2, 0) is 24.8 Å². The van der Waals surface area contributed by atoms with Crippen LogP contribution >= 0.6 is 0 Å². The monoisotopic (exact) mass is 421 g/mol. The summed E-state index contributed by atoms with van der Waals surface area (Å²) in [5, 5.41) is 0. The van der Waals surface area contributed by atoms with Crippen LogP contribution in [0.4, 0.5) is 4.39 Å². The van der Waals surface area contributed by atoms with E-state index in [0.717, 1.165) is 30.5 Å². The highest BCUT2D eigenvalue weighted by Crippen LogP contribution is 2.18. The Kier molecular flexibility index (Phi) is 6.95. The maximum atomic E-state index is 12.9. The van der Waals surface area contributed by atoms with Crippen molar-refractivity contribution in [2.45, 2.75) is 30.2 Å². The SMILES string of the molecule is CN(C1CCN(C(=O)CCNS(=O)(=O)c2ccc(F)cc2)CC1)S(C)(=O)=O. The second-order valence-corrected chi connectivity index (χ2v) is 10.3. The van der Waals surface area contributed by atoms with Crippen LogP contribution in [0.3, 0.4) is 0 Å². The molecule has 1 amide bonds. The largest absolute Gasteiger partial charge is 0.343 e. The molecule has 0 aromatic heterocycles. The Morgan fingerprint density at radius 3 is 2.26 bits per heavy atom. The molecular formula is C16H24FN3O5S2. The number of hydrogen-bond acceptors (Lipinski definition) is 5. The second kappa shape index (κ2) is 8.63. The minimum Gasteiger partial charge on any atom is -0.343 e. The van der Waals surface area contributed by atoms with Crippen molar-refractivity contribution in [3.63, 3.8) is 0 Å². The standard InChI is InChI=1S/C16H24FN3O5S2/c1-19(26(2,22)23)14-8-11-20(12-9-14)16(21)7-10-18-27(24,25)15-5-3-13(17)4-6-15/h3-6,14,18H,7-12H2,1-2H3. The molecule has 1 aliphatic rings. The number of halogens is 1. The van der Waals surface area contributed by atoms with E-state index < -0.39 is 25.9 Å². The number of carbonyl (C=O) groups excluding carboxylic acids is 1. The molecule has 1 aliphatic heterocycles. The first-order valence-corrected chi connectivity index (χ1v) is 11.8. The van der Waals surface area contributed by atoms with Gasteiger partial charge in [-0.15, -0.1) is 0 Å². The fraction of sp³-hybridized carbons (Fsp3) is 0.562. The summed E-state index contributed by atoms with van der Waals surface area (Å²) in [6.07, 6.45) is 2.22. The first-order valence-electron chi connectivity index (χ1n) is 8.47. The molecule has 0 bridgehead atoms. The summed E-state index contributed by atoms with van der Waals surface area (Å²) in [6, 6.07) is 4.28. The molecule has 1 fully saturated rings. The van der Waals surface area contributed by atoms with Gasteiger partial charge >= 0.3 is 0 Å². The molecule has 11 heteroatoms. The van der Waals surface area contributed by atoms with Crippen LogP contribution in [0.15, 0.2) is 29.2 Å². The highest BCUT2D eigenvalue weighted by atomic mass is 32.2. The van der Waals surface area contributed by atoms with Crippen molar-refractivity contribution in [2.24, 2.45) is 0 Å². The lowest BCUT2D eigenvalue weighted by Crippen LogP contribution is -2.47. The van der Waals surface area contributed by atoms with Crippen molar-refractivity contribution in [1.82, 2.24) is 13.9 Å². The molecule has 1 saturated heterocycles. The number of rotatable bonds is 7. The molecule has 1 aromatic rings. The molecular weight excluding hydrogens is 397 g/mol. The lowest BCUT2D eigenvalue weighted by Gasteiger charge is -2.35. The van der Waals surface area contributed by atoms with E-state index in [1.54, 1.807) is 4.90 Å². The maximum Gasteiger partial charge on any atom is 0.240 e. The number of amides is 1.